The van der Waals surface area contributed by atoms with E-state index in [1.54, 1.807) is 54.6 Å². The highest BCUT2D eigenvalue weighted by Gasteiger charge is 2.78. The van der Waals surface area contributed by atoms with Crippen LogP contribution >= 0.6 is 0 Å². The third-order valence-electron chi connectivity index (χ3n) is 16.5. The monoisotopic (exact) mass is 1110 g/mol. The fourth-order valence-electron chi connectivity index (χ4n) is 12.2. The highest BCUT2D eigenvalue weighted by molar-refractivity contribution is 5.96. The van der Waals surface area contributed by atoms with Crippen LogP contribution in [0.5, 0.6) is 0 Å². The summed E-state index contributed by atoms with van der Waals surface area (Å²) in [6.45, 7) is 6.73. The Bertz CT molecular complexity index is 2880. The van der Waals surface area contributed by atoms with E-state index in [0.717, 1.165) is 13.8 Å². The summed E-state index contributed by atoms with van der Waals surface area (Å²) in [6, 6.07) is 20.1. The van der Waals surface area contributed by atoms with E-state index < -0.39 is 181 Å². The van der Waals surface area contributed by atoms with Crippen LogP contribution in [0.4, 0.5) is 0 Å². The largest absolute Gasteiger partial charge is 0.455 e. The summed E-state index contributed by atoms with van der Waals surface area (Å²) in [5, 5.41) is 72.3. The van der Waals surface area contributed by atoms with E-state index >= 15 is 9.59 Å². The number of carbonyl (C=O) groups excluding carboxylic acids is 8. The Hall–Kier alpha value is -6.96. The molecular formula is C57H66N2O21. The molecule has 16 atom stereocenters. The zero-order valence-electron chi connectivity index (χ0n) is 44.7. The molecule has 0 radical (unpaired) electrons. The molecule has 0 aromatic heterocycles. The SMILES string of the molecule is CC(=O)O[C@H]1C(=O)[C@@]2(C)C(C(OC(=O)c3ccccc3)[C@]3(O)C[C@H](OC(=O)[C@H](OC(=O)CCC(=O)N[C@H]4[C@H](O)[C@@H](CO)OC(O)[C@@H]4O)[C@@H](NC(=O)c4ccccc4)c4ccccc4)C(C)=C1C3(C)C)[C@]1(OC(C)=O)CO[C@@H]1C[C@@H]2O. The minimum Gasteiger partial charge on any atom is -0.455 e. The molecule has 3 aliphatic carbocycles. The topological polar surface area (TPSA) is 347 Å². The number of hydrogen-bond acceptors (Lipinski definition) is 21. The Morgan fingerprint density at radius 3 is 1.98 bits per heavy atom. The molecule has 3 aromatic rings. The normalized spacial score (nSPS) is 33.0. The maximum atomic E-state index is 15.8. The summed E-state index contributed by atoms with van der Waals surface area (Å²) in [6.07, 6.45) is -19.9. The van der Waals surface area contributed by atoms with Gasteiger partial charge in [-0.2, -0.15) is 0 Å². The highest BCUT2D eigenvalue weighted by Crippen LogP contribution is 2.64. The Labute approximate surface area is 459 Å². The molecule has 0 spiro atoms. The summed E-state index contributed by atoms with van der Waals surface area (Å²) in [5.74, 6) is -9.78. The predicted molar refractivity (Wildman–Crippen MR) is 273 cm³/mol. The van der Waals surface area contributed by atoms with Crippen molar-refractivity contribution in [3.63, 3.8) is 0 Å². The van der Waals surface area contributed by atoms with Gasteiger partial charge in [0.1, 0.15) is 48.3 Å². The minimum absolute atomic E-state index is 0.00799. The lowest BCUT2D eigenvalue weighted by Gasteiger charge is -2.67. The zero-order valence-corrected chi connectivity index (χ0v) is 44.7. The number of aliphatic hydroxyl groups excluding tert-OH is 5. The maximum absolute atomic E-state index is 15.8. The number of aliphatic hydroxyl groups is 6. The van der Waals surface area contributed by atoms with Crippen molar-refractivity contribution in [2.45, 2.75) is 152 Å². The number of ether oxygens (including phenoxy) is 7. The smallest absolute Gasteiger partial charge is 0.350 e. The van der Waals surface area contributed by atoms with E-state index in [1.807, 2.05) is 0 Å². The van der Waals surface area contributed by atoms with Crippen molar-refractivity contribution in [1.82, 2.24) is 10.6 Å². The molecule has 2 saturated carbocycles. The van der Waals surface area contributed by atoms with E-state index in [-0.39, 0.29) is 34.3 Å². The molecule has 5 aliphatic rings. The lowest BCUT2D eigenvalue weighted by Crippen LogP contribution is -2.82. The van der Waals surface area contributed by atoms with E-state index in [0.29, 0.717) is 0 Å². The van der Waals surface area contributed by atoms with Crippen molar-refractivity contribution in [1.29, 1.82) is 0 Å². The van der Waals surface area contributed by atoms with E-state index in [2.05, 4.69) is 10.6 Å². The van der Waals surface area contributed by atoms with Crippen molar-refractivity contribution in [2.24, 2.45) is 16.7 Å². The van der Waals surface area contributed by atoms with E-state index in [4.69, 9.17) is 33.2 Å². The molecule has 23 heteroatoms. The van der Waals surface area contributed by atoms with E-state index in [9.17, 15) is 59.4 Å². The molecule has 3 unspecified atom stereocenters. The van der Waals surface area contributed by atoms with Crippen LogP contribution in [-0.4, -0.2) is 170 Å². The molecule has 2 amide bonds. The standard InChI is InChI=1S/C57H66N2O21/c1-28-34(76-53(72)46(41(31-16-10-7-11-17-31)59-50(69)32-18-12-8-13-19-32)78-39(65)23-22-38(64)58-42-43(66)35(26-60)77-52(71)44(42)67)25-57(73)49(79-51(70)33-20-14-9-15-21-33)47-55(6,36(63)24-37-56(47,27-74-37)80-30(3)62)48(68)45(75-29(2)61)40(28)54(57,4)5/h7-21,34-37,41-47,49,52,60,63,66-67,71,73H,22-27H2,1-6H3,(H,58,64)(H,59,69)/t34-,35+,36-,37+,41-,42-,43+,44+,45+,46+,47?,49?,52?,55+,56-,57+/m0/s1. The molecule has 2 saturated heterocycles. The van der Waals surface area contributed by atoms with Crippen molar-refractivity contribution in [3.8, 4) is 0 Å². The molecule has 430 valence electrons. The predicted octanol–water partition coefficient (Wildman–Crippen LogP) is 0.983. The average Bonchev–Trinajstić information content (AvgIpc) is 3.61. The van der Waals surface area contributed by atoms with Crippen molar-refractivity contribution >= 4 is 47.4 Å². The molecule has 2 heterocycles. The average molecular weight is 1120 g/mol. The highest BCUT2D eigenvalue weighted by atomic mass is 16.6. The van der Waals surface area contributed by atoms with Crippen molar-refractivity contribution in [3.05, 3.63) is 119 Å². The summed E-state index contributed by atoms with van der Waals surface area (Å²) in [5.41, 5.74) is -8.22. The van der Waals surface area contributed by atoms with Crippen molar-refractivity contribution < 1.29 is 102 Å². The number of amides is 2. The lowest BCUT2D eigenvalue weighted by molar-refractivity contribution is -0.346. The van der Waals surface area contributed by atoms with Gasteiger partial charge < -0.3 is 74.4 Å². The van der Waals surface area contributed by atoms with Crippen LogP contribution in [0.2, 0.25) is 0 Å². The first-order valence-corrected chi connectivity index (χ1v) is 26.1. The van der Waals surface area contributed by atoms with Crippen LogP contribution in [0.15, 0.2) is 102 Å². The first-order chi connectivity index (χ1) is 37.8. The molecule has 8 rings (SSSR count). The van der Waals surface area contributed by atoms with Gasteiger partial charge in [0.05, 0.1) is 48.7 Å². The molecular weight excluding hydrogens is 1050 g/mol. The number of nitrogens with one attached hydrogen (secondary N) is 2. The summed E-state index contributed by atoms with van der Waals surface area (Å²) >= 11 is 0. The van der Waals surface area contributed by atoms with Gasteiger partial charge in [0.15, 0.2) is 23.8 Å². The summed E-state index contributed by atoms with van der Waals surface area (Å²) in [7, 11) is 0. The summed E-state index contributed by atoms with van der Waals surface area (Å²) in [4.78, 5) is 114. The number of fused-ring (bicyclic) bond motifs is 5. The molecule has 2 bridgehead atoms. The number of Topliss-reactive ketones (excluding diaryl/α,β-unsaturated/α-hetero) is 1. The maximum Gasteiger partial charge on any atom is 0.350 e. The molecule has 23 nitrogen and oxygen atoms in total. The second-order valence-electron chi connectivity index (χ2n) is 21.6. The zero-order chi connectivity index (χ0) is 58.2. The second kappa shape index (κ2) is 23.3. The molecule has 2 aliphatic heterocycles. The van der Waals surface area contributed by atoms with E-state index in [1.165, 1.54) is 64.1 Å². The van der Waals surface area contributed by atoms with Gasteiger partial charge in [-0.05, 0) is 54.8 Å². The first kappa shape index (κ1) is 59.2. The number of carbonyl (C=O) groups is 8. The third kappa shape index (κ3) is 10.9. The fraction of sp³-hybridized carbons (Fsp3) is 0.509. The van der Waals surface area contributed by atoms with Gasteiger partial charge >= 0.3 is 29.8 Å². The number of hydrogen-bond donors (Lipinski definition) is 8. The van der Waals surface area contributed by atoms with Crippen LogP contribution in [0.1, 0.15) is 99.5 Å². The van der Waals surface area contributed by atoms with Gasteiger partial charge in [-0.3, -0.25) is 28.8 Å². The second-order valence-corrected chi connectivity index (χ2v) is 21.6. The first-order valence-electron chi connectivity index (χ1n) is 26.1. The molecule has 8 N–H and O–H groups in total. The Balaban J connectivity index is 1.23. The molecule has 4 fully saturated rings. The van der Waals surface area contributed by atoms with Crippen LogP contribution in [-0.2, 0) is 61.9 Å². The van der Waals surface area contributed by atoms with Gasteiger partial charge in [0.25, 0.3) is 5.91 Å². The van der Waals surface area contributed by atoms with Crippen LogP contribution < -0.4 is 10.6 Å². The van der Waals surface area contributed by atoms with Crippen LogP contribution in [0.3, 0.4) is 0 Å². The minimum atomic E-state index is -2.56. The Morgan fingerprint density at radius 1 is 0.787 bits per heavy atom. The van der Waals surface area contributed by atoms with Gasteiger partial charge in [-0.1, -0.05) is 80.6 Å². The number of ketones is 1. The van der Waals surface area contributed by atoms with Gasteiger partial charge in [0.2, 0.25) is 12.0 Å². The number of rotatable bonds is 16. The third-order valence-corrected chi connectivity index (χ3v) is 16.5. The molecule has 3 aromatic carbocycles. The Kier molecular flexibility index (Phi) is 17.2. The molecule has 80 heavy (non-hydrogen) atoms. The van der Waals surface area contributed by atoms with Gasteiger partial charge in [-0.15, -0.1) is 0 Å². The summed E-state index contributed by atoms with van der Waals surface area (Å²) < 4.78 is 41.6. The van der Waals surface area contributed by atoms with Gasteiger partial charge in [-0.25, -0.2) is 9.59 Å². The van der Waals surface area contributed by atoms with Gasteiger partial charge in [0, 0.05) is 44.1 Å². The lowest BCUT2D eigenvalue weighted by atomic mass is 9.44. The Morgan fingerprint density at radius 2 is 1.40 bits per heavy atom. The van der Waals surface area contributed by atoms with Crippen LogP contribution in [0, 0.1) is 16.7 Å². The number of benzene rings is 3. The number of esters is 5. The van der Waals surface area contributed by atoms with Crippen molar-refractivity contribution in [2.75, 3.05) is 13.2 Å². The fourth-order valence-corrected chi connectivity index (χ4v) is 12.2. The quantitative estimate of drug-likeness (QED) is 0.0563. The van der Waals surface area contributed by atoms with Crippen LogP contribution in [0.25, 0.3) is 0 Å².